The van der Waals surface area contributed by atoms with Gasteiger partial charge in [-0.1, -0.05) is 23.8 Å². The highest BCUT2D eigenvalue weighted by molar-refractivity contribution is 5.78. The SMILES string of the molecule is Cc1ccc(OCC(=O)NC(C)c2ccc(F)cc2F)cc1. The van der Waals surface area contributed by atoms with Crippen LogP contribution in [0.4, 0.5) is 8.78 Å². The predicted octanol–water partition coefficient (Wildman–Crippen LogP) is 3.53. The van der Waals surface area contributed by atoms with Crippen LogP contribution in [0.5, 0.6) is 5.75 Å². The van der Waals surface area contributed by atoms with Crippen LogP contribution in [0, 0.1) is 18.6 Å². The van der Waals surface area contributed by atoms with Gasteiger partial charge in [0, 0.05) is 11.6 Å². The van der Waals surface area contributed by atoms with Gasteiger partial charge in [-0.3, -0.25) is 4.79 Å². The highest BCUT2D eigenvalue weighted by Gasteiger charge is 2.14. The number of carbonyl (C=O) groups excluding carboxylic acids is 1. The molecule has 0 heterocycles. The first-order valence-corrected chi connectivity index (χ1v) is 6.89. The van der Waals surface area contributed by atoms with Gasteiger partial charge in [-0.25, -0.2) is 8.78 Å². The fourth-order valence-corrected chi connectivity index (χ4v) is 2.00. The van der Waals surface area contributed by atoms with Crippen molar-refractivity contribution >= 4 is 5.91 Å². The zero-order chi connectivity index (χ0) is 16.1. The predicted molar refractivity (Wildman–Crippen MR) is 79.6 cm³/mol. The molecule has 0 aliphatic rings. The smallest absolute Gasteiger partial charge is 0.258 e. The van der Waals surface area contributed by atoms with Crippen LogP contribution >= 0.6 is 0 Å². The second-order valence-corrected chi connectivity index (χ2v) is 5.06. The molecule has 0 aromatic heterocycles. The average molecular weight is 305 g/mol. The van der Waals surface area contributed by atoms with Crippen molar-refractivity contribution in [3.05, 3.63) is 65.2 Å². The summed E-state index contributed by atoms with van der Waals surface area (Å²) in [6.07, 6.45) is 0. The molecule has 2 rings (SSSR count). The lowest BCUT2D eigenvalue weighted by atomic mass is 10.1. The van der Waals surface area contributed by atoms with Gasteiger partial charge in [0.2, 0.25) is 0 Å². The number of hydrogen-bond acceptors (Lipinski definition) is 2. The Morgan fingerprint density at radius 2 is 1.86 bits per heavy atom. The number of aryl methyl sites for hydroxylation is 1. The van der Waals surface area contributed by atoms with E-state index in [1.54, 1.807) is 19.1 Å². The molecular weight excluding hydrogens is 288 g/mol. The number of rotatable bonds is 5. The molecule has 116 valence electrons. The van der Waals surface area contributed by atoms with E-state index in [9.17, 15) is 13.6 Å². The standard InChI is InChI=1S/C17H17F2NO2/c1-11-3-6-14(7-4-11)22-10-17(21)20-12(2)15-8-5-13(18)9-16(15)19/h3-9,12H,10H2,1-2H3,(H,20,21). The lowest BCUT2D eigenvalue weighted by Gasteiger charge is -2.15. The zero-order valence-corrected chi connectivity index (χ0v) is 12.4. The number of amides is 1. The molecule has 1 unspecified atom stereocenters. The maximum Gasteiger partial charge on any atom is 0.258 e. The Hall–Kier alpha value is -2.43. The summed E-state index contributed by atoms with van der Waals surface area (Å²) in [6.45, 7) is 3.41. The molecule has 0 bridgehead atoms. The van der Waals surface area contributed by atoms with Gasteiger partial charge in [0.05, 0.1) is 6.04 Å². The molecule has 22 heavy (non-hydrogen) atoms. The molecule has 2 aromatic rings. The molecular formula is C17H17F2NO2. The number of carbonyl (C=O) groups is 1. The van der Waals surface area contributed by atoms with Crippen LogP contribution in [0.15, 0.2) is 42.5 Å². The molecule has 1 atom stereocenters. The van der Waals surface area contributed by atoms with Crippen LogP contribution in [0.2, 0.25) is 0 Å². The van der Waals surface area contributed by atoms with Crippen molar-refractivity contribution in [3.8, 4) is 5.75 Å². The average Bonchev–Trinajstić information content (AvgIpc) is 2.46. The van der Waals surface area contributed by atoms with Crippen LogP contribution in [0.1, 0.15) is 24.1 Å². The van der Waals surface area contributed by atoms with E-state index in [2.05, 4.69) is 5.32 Å². The van der Waals surface area contributed by atoms with E-state index in [-0.39, 0.29) is 18.1 Å². The first-order chi connectivity index (χ1) is 10.5. The molecule has 2 aromatic carbocycles. The van der Waals surface area contributed by atoms with E-state index in [1.807, 2.05) is 19.1 Å². The van der Waals surface area contributed by atoms with Crippen LogP contribution in [-0.2, 0) is 4.79 Å². The minimum atomic E-state index is -0.688. The first kappa shape index (κ1) is 15.9. The maximum absolute atomic E-state index is 13.6. The Morgan fingerprint density at radius 3 is 2.50 bits per heavy atom. The molecule has 0 saturated carbocycles. The van der Waals surface area contributed by atoms with E-state index in [0.717, 1.165) is 17.7 Å². The van der Waals surface area contributed by atoms with E-state index >= 15 is 0 Å². The number of nitrogens with one attached hydrogen (secondary N) is 1. The lowest BCUT2D eigenvalue weighted by molar-refractivity contribution is -0.123. The quantitative estimate of drug-likeness (QED) is 0.917. The van der Waals surface area contributed by atoms with Gasteiger partial charge in [-0.2, -0.15) is 0 Å². The molecule has 0 aliphatic heterocycles. The van der Waals surface area contributed by atoms with Crippen molar-refractivity contribution in [2.75, 3.05) is 6.61 Å². The summed E-state index contributed by atoms with van der Waals surface area (Å²) in [5, 5.41) is 2.61. The van der Waals surface area contributed by atoms with Gasteiger partial charge in [0.15, 0.2) is 6.61 Å². The molecule has 0 aliphatic carbocycles. The second kappa shape index (κ2) is 7.02. The van der Waals surface area contributed by atoms with Gasteiger partial charge in [0.1, 0.15) is 17.4 Å². The first-order valence-electron chi connectivity index (χ1n) is 6.89. The normalized spacial score (nSPS) is 11.8. The van der Waals surface area contributed by atoms with Crippen molar-refractivity contribution < 1.29 is 18.3 Å². The highest BCUT2D eigenvalue weighted by Crippen LogP contribution is 2.17. The highest BCUT2D eigenvalue weighted by atomic mass is 19.1. The monoisotopic (exact) mass is 305 g/mol. The number of halogens is 2. The van der Waals surface area contributed by atoms with Gasteiger partial charge in [-0.05, 0) is 32.0 Å². The van der Waals surface area contributed by atoms with Gasteiger partial charge in [0.25, 0.3) is 5.91 Å². The zero-order valence-electron chi connectivity index (χ0n) is 12.4. The summed E-state index contributed by atoms with van der Waals surface area (Å²) < 4.78 is 31.8. The van der Waals surface area contributed by atoms with E-state index < -0.39 is 17.7 Å². The van der Waals surface area contributed by atoms with Crippen LogP contribution in [0.3, 0.4) is 0 Å². The maximum atomic E-state index is 13.6. The topological polar surface area (TPSA) is 38.3 Å². The summed E-state index contributed by atoms with van der Waals surface area (Å²) in [6, 6.07) is 9.99. The van der Waals surface area contributed by atoms with E-state index in [1.165, 1.54) is 6.07 Å². The molecule has 0 spiro atoms. The number of ether oxygens (including phenoxy) is 1. The Morgan fingerprint density at radius 1 is 1.18 bits per heavy atom. The molecule has 0 radical (unpaired) electrons. The molecule has 0 saturated heterocycles. The van der Waals surface area contributed by atoms with Crippen LogP contribution in [-0.4, -0.2) is 12.5 Å². The fraction of sp³-hybridized carbons (Fsp3) is 0.235. The van der Waals surface area contributed by atoms with Gasteiger partial charge in [-0.15, -0.1) is 0 Å². The Labute approximate surface area is 127 Å². The summed E-state index contributed by atoms with van der Waals surface area (Å²) in [5.74, 6) is -1.13. The van der Waals surface area contributed by atoms with Crippen molar-refractivity contribution in [2.45, 2.75) is 19.9 Å². The Kier molecular flexibility index (Phi) is 5.09. The minimum Gasteiger partial charge on any atom is -0.484 e. The lowest BCUT2D eigenvalue weighted by Crippen LogP contribution is -2.31. The third-order valence-electron chi connectivity index (χ3n) is 3.20. The third-order valence-corrected chi connectivity index (χ3v) is 3.20. The molecule has 5 heteroatoms. The molecule has 1 N–H and O–H groups in total. The minimum absolute atomic E-state index is 0.170. The van der Waals surface area contributed by atoms with Crippen molar-refractivity contribution in [2.24, 2.45) is 0 Å². The van der Waals surface area contributed by atoms with E-state index in [0.29, 0.717) is 5.75 Å². The fourth-order valence-electron chi connectivity index (χ4n) is 2.00. The summed E-state index contributed by atoms with van der Waals surface area (Å²) in [7, 11) is 0. The van der Waals surface area contributed by atoms with Crippen molar-refractivity contribution in [3.63, 3.8) is 0 Å². The second-order valence-electron chi connectivity index (χ2n) is 5.06. The van der Waals surface area contributed by atoms with Crippen LogP contribution in [0.25, 0.3) is 0 Å². The van der Waals surface area contributed by atoms with Gasteiger partial charge >= 0.3 is 0 Å². The van der Waals surface area contributed by atoms with E-state index in [4.69, 9.17) is 4.74 Å². The Bertz CT molecular complexity index is 656. The molecule has 3 nitrogen and oxygen atoms in total. The van der Waals surface area contributed by atoms with Crippen LogP contribution < -0.4 is 10.1 Å². The van der Waals surface area contributed by atoms with Crippen molar-refractivity contribution in [1.29, 1.82) is 0 Å². The summed E-state index contributed by atoms with van der Waals surface area (Å²) in [4.78, 5) is 11.8. The Balaban J connectivity index is 1.89. The summed E-state index contributed by atoms with van der Waals surface area (Å²) in [5.41, 5.74) is 1.32. The number of benzene rings is 2. The number of hydrogen-bond donors (Lipinski definition) is 1. The van der Waals surface area contributed by atoms with Crippen molar-refractivity contribution in [1.82, 2.24) is 5.32 Å². The summed E-state index contributed by atoms with van der Waals surface area (Å²) >= 11 is 0. The largest absolute Gasteiger partial charge is 0.484 e. The van der Waals surface area contributed by atoms with Gasteiger partial charge < -0.3 is 10.1 Å². The third kappa shape index (κ3) is 4.28. The molecule has 1 amide bonds. The molecule has 0 fully saturated rings.